The summed E-state index contributed by atoms with van der Waals surface area (Å²) in [5.41, 5.74) is 7.93. The van der Waals surface area contributed by atoms with Crippen molar-refractivity contribution < 1.29 is 47.1 Å². The van der Waals surface area contributed by atoms with Gasteiger partial charge in [0.25, 0.3) is 0 Å². The summed E-state index contributed by atoms with van der Waals surface area (Å²) in [6.45, 7) is 7.64. The van der Waals surface area contributed by atoms with Crippen molar-refractivity contribution in [3.63, 3.8) is 0 Å². The van der Waals surface area contributed by atoms with Crippen LogP contribution in [0.15, 0.2) is 77.3 Å². The molecule has 0 radical (unpaired) electrons. The second kappa shape index (κ2) is 35.4. The molecule has 0 aliphatic rings. The van der Waals surface area contributed by atoms with Crippen molar-refractivity contribution in [3.8, 4) is 0 Å². The predicted molar refractivity (Wildman–Crippen MR) is 238 cm³/mol. The summed E-state index contributed by atoms with van der Waals surface area (Å²) >= 11 is 0. The highest BCUT2D eigenvalue weighted by Gasteiger charge is 2.26. The van der Waals surface area contributed by atoms with Crippen molar-refractivity contribution in [2.24, 2.45) is 5.73 Å². The highest BCUT2D eigenvalue weighted by molar-refractivity contribution is 7.47. The number of rotatable bonds is 36. The van der Waals surface area contributed by atoms with E-state index >= 15 is 0 Å². The zero-order valence-corrected chi connectivity index (χ0v) is 37.4. The van der Waals surface area contributed by atoms with Crippen LogP contribution in [0.25, 0.3) is 0 Å². The van der Waals surface area contributed by atoms with Gasteiger partial charge in [-0.15, -0.1) is 0 Å². The molecule has 0 saturated carbocycles. The van der Waals surface area contributed by atoms with Crippen LogP contribution >= 0.6 is 7.82 Å². The van der Waals surface area contributed by atoms with E-state index in [-0.39, 0.29) is 32.6 Å². The molecular weight excluding hydrogens is 769 g/mol. The summed E-state index contributed by atoms with van der Waals surface area (Å²) in [6.07, 6.45) is 38.3. The minimum atomic E-state index is -4.43. The molecule has 0 fully saturated rings. The second-order valence-corrected chi connectivity index (χ2v) is 16.1. The van der Waals surface area contributed by atoms with Crippen molar-refractivity contribution in [1.82, 2.24) is 0 Å². The fraction of sp³-hybridized carbons (Fsp3) is 0.617. The van der Waals surface area contributed by atoms with E-state index in [2.05, 4.69) is 45.9 Å². The maximum absolute atomic E-state index is 12.6. The Labute approximate surface area is 355 Å². The van der Waals surface area contributed by atoms with E-state index in [1.165, 1.54) is 30.4 Å². The average Bonchev–Trinajstić information content (AvgIpc) is 3.48. The molecule has 1 aromatic heterocycles. The van der Waals surface area contributed by atoms with E-state index in [0.29, 0.717) is 19.3 Å². The highest BCUT2D eigenvalue weighted by atomic mass is 31.2. The number of furan rings is 1. The molecule has 12 heteroatoms. The zero-order chi connectivity index (χ0) is 43.4. The van der Waals surface area contributed by atoms with Gasteiger partial charge in [-0.05, 0) is 82.8 Å². The molecule has 0 aliphatic carbocycles. The number of carbonyl (C=O) groups excluding carboxylic acids is 2. The summed E-state index contributed by atoms with van der Waals surface area (Å²) in [4.78, 5) is 35.0. The second-order valence-electron chi connectivity index (χ2n) is 14.6. The molecule has 1 aromatic rings. The predicted octanol–water partition coefficient (Wildman–Crippen LogP) is 10.9. The molecule has 334 valence electrons. The first kappa shape index (κ1) is 53.7. The molecule has 4 N–H and O–H groups in total. The van der Waals surface area contributed by atoms with Crippen molar-refractivity contribution in [2.75, 3.05) is 26.4 Å². The largest absolute Gasteiger partial charge is 0.472 e. The molecule has 59 heavy (non-hydrogen) atoms. The van der Waals surface area contributed by atoms with Crippen LogP contribution in [0.5, 0.6) is 0 Å². The first-order valence-electron chi connectivity index (χ1n) is 21.9. The Bertz CT molecular complexity index is 1490. The number of aliphatic hydroxyl groups is 1. The van der Waals surface area contributed by atoms with Crippen LogP contribution < -0.4 is 5.73 Å². The molecule has 1 heterocycles. The van der Waals surface area contributed by atoms with E-state index in [9.17, 15) is 24.2 Å². The molecule has 3 atom stereocenters. The van der Waals surface area contributed by atoms with Gasteiger partial charge in [0.15, 0.2) is 6.10 Å². The molecule has 0 bridgehead atoms. The van der Waals surface area contributed by atoms with Gasteiger partial charge in [0, 0.05) is 32.2 Å². The Balaban J connectivity index is 2.36. The maximum Gasteiger partial charge on any atom is 0.472 e. The fourth-order valence-electron chi connectivity index (χ4n) is 5.86. The minimum absolute atomic E-state index is 0.0241. The van der Waals surface area contributed by atoms with Gasteiger partial charge in [0.1, 0.15) is 18.1 Å². The Morgan fingerprint density at radius 2 is 1.34 bits per heavy atom. The van der Waals surface area contributed by atoms with Crippen LogP contribution in [0.1, 0.15) is 146 Å². The number of hydrogen-bond donors (Lipinski definition) is 3. The number of unbranched alkanes of at least 4 members (excludes halogenated alkanes) is 7. The molecule has 11 nitrogen and oxygen atoms in total. The summed E-state index contributed by atoms with van der Waals surface area (Å²) in [6, 6.07) is 0. The van der Waals surface area contributed by atoms with Crippen LogP contribution in [-0.2, 0) is 45.5 Å². The Morgan fingerprint density at radius 3 is 1.98 bits per heavy atom. The van der Waals surface area contributed by atoms with E-state index < -0.39 is 38.6 Å². The topological polar surface area (TPSA) is 168 Å². The Kier molecular flexibility index (Phi) is 32.3. The van der Waals surface area contributed by atoms with Crippen molar-refractivity contribution in [3.05, 3.63) is 95.6 Å². The third-order valence-electron chi connectivity index (χ3n) is 9.40. The van der Waals surface area contributed by atoms with Crippen molar-refractivity contribution in [2.45, 2.75) is 162 Å². The van der Waals surface area contributed by atoms with Crippen LogP contribution in [0.3, 0.4) is 0 Å². The van der Waals surface area contributed by atoms with Gasteiger partial charge in [0.2, 0.25) is 0 Å². The lowest BCUT2D eigenvalue weighted by Crippen LogP contribution is -2.29. The average molecular weight is 846 g/mol. The Hall–Kier alpha value is -3.31. The van der Waals surface area contributed by atoms with Gasteiger partial charge in [0.05, 0.1) is 19.3 Å². The van der Waals surface area contributed by atoms with Crippen LogP contribution in [-0.4, -0.2) is 60.5 Å². The highest BCUT2D eigenvalue weighted by Crippen LogP contribution is 2.43. The molecule has 0 spiro atoms. The molecule has 0 aromatic carbocycles. The zero-order valence-electron chi connectivity index (χ0n) is 36.5. The number of phosphoric acid groups is 1. The van der Waals surface area contributed by atoms with Gasteiger partial charge >= 0.3 is 19.8 Å². The molecular formula is C47H76NO10P. The van der Waals surface area contributed by atoms with Crippen molar-refractivity contribution >= 4 is 19.8 Å². The number of allylic oxidation sites excluding steroid dienone is 10. The van der Waals surface area contributed by atoms with Crippen LogP contribution in [0, 0.1) is 13.8 Å². The number of aliphatic hydroxyl groups excluding tert-OH is 1. The fourth-order valence-corrected chi connectivity index (χ4v) is 6.63. The molecule has 1 rings (SSSR count). The number of esters is 2. The van der Waals surface area contributed by atoms with E-state index in [1.807, 2.05) is 48.6 Å². The maximum atomic E-state index is 12.6. The summed E-state index contributed by atoms with van der Waals surface area (Å²) in [5, 5.41) is 9.84. The monoisotopic (exact) mass is 846 g/mol. The van der Waals surface area contributed by atoms with E-state index in [1.54, 1.807) is 6.08 Å². The SMILES string of the molecule is CC/C=C\CC(O)/C=C/C=C/C/C=C\C/C=C\C/C=C\CCC(=O)O[C@H](COC(=O)CCCCCCCCc1oc(CCCCC)c(C)c1C)COP(=O)(O)OCCN. The van der Waals surface area contributed by atoms with Gasteiger partial charge in [-0.1, -0.05) is 125 Å². The van der Waals surface area contributed by atoms with Gasteiger partial charge in [-0.2, -0.15) is 0 Å². The number of carbonyl (C=O) groups is 2. The van der Waals surface area contributed by atoms with Gasteiger partial charge in [-0.25, -0.2) is 4.57 Å². The lowest BCUT2D eigenvalue weighted by Gasteiger charge is -2.19. The molecule has 0 aliphatic heterocycles. The lowest BCUT2D eigenvalue weighted by atomic mass is 10.0. The Morgan fingerprint density at radius 1 is 0.729 bits per heavy atom. The first-order valence-corrected chi connectivity index (χ1v) is 23.4. The number of ether oxygens (including phenoxy) is 2. The minimum Gasteiger partial charge on any atom is -0.466 e. The molecule has 0 amide bonds. The smallest absolute Gasteiger partial charge is 0.466 e. The lowest BCUT2D eigenvalue weighted by molar-refractivity contribution is -0.161. The molecule has 0 saturated heterocycles. The summed E-state index contributed by atoms with van der Waals surface area (Å²) < 4.78 is 38.9. The van der Waals surface area contributed by atoms with Gasteiger partial charge in [-0.3, -0.25) is 18.6 Å². The standard InChI is InChI=1S/C47H76NO10P/c1-5-7-24-30-42(49)31-26-20-16-14-12-10-9-11-13-15-17-23-29-35-47(51)57-43(39-56-59(52,53)55-37-36-48)38-54-46(50)34-28-22-19-18-21-27-33-45-41(4)40(3)44(58-45)32-25-8-6-2/h7,10-13,16-17,20,23-24,26,31,42-43,49H,5-6,8-9,14-15,18-19,21-22,25,27-30,32-39,48H2,1-4H3,(H,52,53)/b12-10-,13-11-,20-16+,23-17-,24-7-,31-26+/t42?,43-/m1/s1. The van der Waals surface area contributed by atoms with Crippen LogP contribution in [0.2, 0.25) is 0 Å². The number of aryl methyl sites for hydroxylation is 2. The third-order valence-corrected chi connectivity index (χ3v) is 10.4. The first-order chi connectivity index (χ1) is 28.5. The van der Waals surface area contributed by atoms with E-state index in [4.69, 9.17) is 28.7 Å². The van der Waals surface area contributed by atoms with E-state index in [0.717, 1.165) is 82.1 Å². The number of phosphoric ester groups is 1. The summed E-state index contributed by atoms with van der Waals surface area (Å²) in [5.74, 6) is 1.27. The normalized spacial score (nSPS) is 14.5. The van der Waals surface area contributed by atoms with Crippen LogP contribution in [0.4, 0.5) is 0 Å². The van der Waals surface area contributed by atoms with Crippen molar-refractivity contribution in [1.29, 1.82) is 0 Å². The third kappa shape index (κ3) is 29.5. The van der Waals surface area contributed by atoms with Gasteiger partial charge < -0.3 is 29.6 Å². The number of hydrogen-bond acceptors (Lipinski definition) is 10. The summed E-state index contributed by atoms with van der Waals surface area (Å²) in [7, 11) is -4.43. The quantitative estimate of drug-likeness (QED) is 0.0193. The molecule has 2 unspecified atom stereocenters. The number of nitrogens with two attached hydrogens (primary N) is 1.